The third kappa shape index (κ3) is 3.46. The Balaban J connectivity index is 1.83. The highest BCUT2D eigenvalue weighted by Gasteiger charge is 2.17. The molecule has 0 radical (unpaired) electrons. The molecule has 0 unspecified atom stereocenters. The van der Waals surface area contributed by atoms with Crippen LogP contribution < -0.4 is 5.32 Å². The SMILES string of the molecule is Cn1ccnc1[C@@H](NCc1ccc(Br)cc1)c1ccccc1. The van der Waals surface area contributed by atoms with Gasteiger partial charge in [0.1, 0.15) is 5.82 Å². The van der Waals surface area contributed by atoms with Crippen molar-refractivity contribution in [2.24, 2.45) is 7.05 Å². The number of aryl methyl sites for hydroxylation is 1. The van der Waals surface area contributed by atoms with Gasteiger partial charge in [-0.1, -0.05) is 58.4 Å². The van der Waals surface area contributed by atoms with E-state index < -0.39 is 0 Å². The molecule has 3 nitrogen and oxygen atoms in total. The van der Waals surface area contributed by atoms with Crippen molar-refractivity contribution in [3.63, 3.8) is 0 Å². The molecule has 0 aliphatic rings. The first kappa shape index (κ1) is 15.0. The van der Waals surface area contributed by atoms with Gasteiger partial charge in [0.15, 0.2) is 0 Å². The van der Waals surface area contributed by atoms with Gasteiger partial charge in [-0.05, 0) is 23.3 Å². The van der Waals surface area contributed by atoms with Gasteiger partial charge in [-0.15, -0.1) is 0 Å². The molecule has 0 fully saturated rings. The average molecular weight is 356 g/mol. The van der Waals surface area contributed by atoms with Gasteiger partial charge in [0.25, 0.3) is 0 Å². The largest absolute Gasteiger partial charge is 0.336 e. The number of rotatable bonds is 5. The van der Waals surface area contributed by atoms with E-state index >= 15 is 0 Å². The molecule has 0 aliphatic carbocycles. The topological polar surface area (TPSA) is 29.9 Å². The summed E-state index contributed by atoms with van der Waals surface area (Å²) in [6.07, 6.45) is 3.82. The third-order valence-electron chi connectivity index (χ3n) is 3.67. The number of nitrogens with one attached hydrogen (secondary N) is 1. The third-order valence-corrected chi connectivity index (χ3v) is 4.20. The van der Waals surface area contributed by atoms with Gasteiger partial charge in [0.2, 0.25) is 0 Å². The lowest BCUT2D eigenvalue weighted by Crippen LogP contribution is -2.24. The summed E-state index contributed by atoms with van der Waals surface area (Å²) in [5.41, 5.74) is 2.47. The second kappa shape index (κ2) is 6.90. The highest BCUT2D eigenvalue weighted by Crippen LogP contribution is 2.21. The van der Waals surface area contributed by atoms with Gasteiger partial charge in [-0.3, -0.25) is 5.32 Å². The molecule has 3 rings (SSSR count). The summed E-state index contributed by atoms with van der Waals surface area (Å²) in [7, 11) is 2.03. The van der Waals surface area contributed by atoms with Crippen molar-refractivity contribution < 1.29 is 0 Å². The molecule has 1 atom stereocenters. The molecule has 2 aromatic carbocycles. The highest BCUT2D eigenvalue weighted by molar-refractivity contribution is 9.10. The molecule has 1 heterocycles. The zero-order valence-electron chi connectivity index (χ0n) is 12.4. The number of aromatic nitrogens is 2. The maximum atomic E-state index is 4.51. The highest BCUT2D eigenvalue weighted by atomic mass is 79.9. The molecule has 1 aromatic heterocycles. The Labute approximate surface area is 139 Å². The molecule has 0 amide bonds. The summed E-state index contributed by atoms with van der Waals surface area (Å²) in [4.78, 5) is 4.51. The predicted molar refractivity (Wildman–Crippen MR) is 92.5 cm³/mol. The van der Waals surface area contributed by atoms with Crippen molar-refractivity contribution in [3.8, 4) is 0 Å². The Bertz CT molecular complexity index is 720. The lowest BCUT2D eigenvalue weighted by Gasteiger charge is -2.19. The van der Waals surface area contributed by atoms with Gasteiger partial charge in [-0.25, -0.2) is 4.98 Å². The lowest BCUT2D eigenvalue weighted by molar-refractivity contribution is 0.558. The normalized spacial score (nSPS) is 12.3. The Morgan fingerprint density at radius 3 is 2.45 bits per heavy atom. The minimum absolute atomic E-state index is 0.0739. The van der Waals surface area contributed by atoms with Gasteiger partial charge in [0, 0.05) is 30.5 Å². The molecular weight excluding hydrogens is 338 g/mol. The van der Waals surface area contributed by atoms with Crippen LogP contribution in [-0.4, -0.2) is 9.55 Å². The van der Waals surface area contributed by atoms with Crippen LogP contribution in [0, 0.1) is 0 Å². The molecule has 0 spiro atoms. The van der Waals surface area contributed by atoms with E-state index in [9.17, 15) is 0 Å². The van der Waals surface area contributed by atoms with Gasteiger partial charge < -0.3 is 4.57 Å². The van der Waals surface area contributed by atoms with E-state index in [0.29, 0.717) is 0 Å². The molecule has 4 heteroatoms. The standard InChI is InChI=1S/C18H18BrN3/c1-22-12-11-20-18(22)17(15-5-3-2-4-6-15)21-13-14-7-9-16(19)10-8-14/h2-12,17,21H,13H2,1H3/t17-/m0/s1. The van der Waals surface area contributed by atoms with Gasteiger partial charge in [-0.2, -0.15) is 0 Å². The fourth-order valence-electron chi connectivity index (χ4n) is 2.48. The van der Waals surface area contributed by atoms with Crippen molar-refractivity contribution >= 4 is 15.9 Å². The van der Waals surface area contributed by atoms with Crippen molar-refractivity contribution in [2.45, 2.75) is 12.6 Å². The fourth-order valence-corrected chi connectivity index (χ4v) is 2.75. The van der Waals surface area contributed by atoms with E-state index in [0.717, 1.165) is 16.8 Å². The summed E-state index contributed by atoms with van der Waals surface area (Å²) in [5, 5.41) is 3.62. The number of benzene rings is 2. The van der Waals surface area contributed by atoms with Crippen LogP contribution in [0.3, 0.4) is 0 Å². The fraction of sp³-hybridized carbons (Fsp3) is 0.167. The van der Waals surface area contributed by atoms with E-state index in [-0.39, 0.29) is 6.04 Å². The molecule has 1 N–H and O–H groups in total. The van der Waals surface area contributed by atoms with Crippen LogP contribution in [0.5, 0.6) is 0 Å². The van der Waals surface area contributed by atoms with Crippen LogP contribution in [0.25, 0.3) is 0 Å². The van der Waals surface area contributed by atoms with Crippen LogP contribution in [0.4, 0.5) is 0 Å². The van der Waals surface area contributed by atoms with Crippen molar-refractivity contribution in [1.29, 1.82) is 0 Å². The lowest BCUT2D eigenvalue weighted by atomic mass is 10.1. The smallest absolute Gasteiger partial charge is 0.130 e. The number of imidazole rings is 1. The van der Waals surface area contributed by atoms with Crippen LogP contribution >= 0.6 is 15.9 Å². The Morgan fingerprint density at radius 2 is 1.82 bits per heavy atom. The molecule has 0 aliphatic heterocycles. The Morgan fingerprint density at radius 1 is 1.09 bits per heavy atom. The van der Waals surface area contributed by atoms with Crippen molar-refractivity contribution in [2.75, 3.05) is 0 Å². The summed E-state index contributed by atoms with van der Waals surface area (Å²) in [5.74, 6) is 1.02. The van der Waals surface area contributed by atoms with Crippen LogP contribution in [0.2, 0.25) is 0 Å². The monoisotopic (exact) mass is 355 g/mol. The van der Waals surface area contributed by atoms with E-state index in [1.165, 1.54) is 11.1 Å². The van der Waals surface area contributed by atoms with E-state index in [1.54, 1.807) is 0 Å². The second-order valence-corrected chi connectivity index (χ2v) is 6.16. The average Bonchev–Trinajstić information content (AvgIpc) is 2.97. The molecule has 0 saturated carbocycles. The maximum absolute atomic E-state index is 4.51. The quantitative estimate of drug-likeness (QED) is 0.747. The van der Waals surface area contributed by atoms with E-state index in [1.807, 2.05) is 25.5 Å². The van der Waals surface area contributed by atoms with E-state index in [2.05, 4.69) is 79.3 Å². The molecule has 22 heavy (non-hydrogen) atoms. The molecule has 0 saturated heterocycles. The zero-order valence-corrected chi connectivity index (χ0v) is 14.0. The number of hydrogen-bond acceptors (Lipinski definition) is 2. The first-order valence-corrected chi connectivity index (χ1v) is 8.03. The molecule has 112 valence electrons. The number of halogens is 1. The van der Waals surface area contributed by atoms with Crippen LogP contribution in [-0.2, 0) is 13.6 Å². The number of nitrogens with zero attached hydrogens (tertiary/aromatic N) is 2. The molecular formula is C18H18BrN3. The zero-order chi connectivity index (χ0) is 15.4. The molecule has 0 bridgehead atoms. The minimum Gasteiger partial charge on any atom is -0.336 e. The van der Waals surface area contributed by atoms with Crippen molar-refractivity contribution in [1.82, 2.24) is 14.9 Å². The summed E-state index contributed by atoms with van der Waals surface area (Å²) in [6, 6.07) is 18.9. The maximum Gasteiger partial charge on any atom is 0.130 e. The molecule has 3 aromatic rings. The van der Waals surface area contributed by atoms with E-state index in [4.69, 9.17) is 0 Å². The van der Waals surface area contributed by atoms with Crippen LogP contribution in [0.15, 0.2) is 71.5 Å². The summed E-state index contributed by atoms with van der Waals surface area (Å²) in [6.45, 7) is 0.791. The Hall–Kier alpha value is -1.91. The van der Waals surface area contributed by atoms with Gasteiger partial charge in [0.05, 0.1) is 6.04 Å². The first-order valence-electron chi connectivity index (χ1n) is 7.24. The second-order valence-electron chi connectivity index (χ2n) is 5.25. The van der Waals surface area contributed by atoms with Crippen molar-refractivity contribution in [3.05, 3.63) is 88.4 Å². The van der Waals surface area contributed by atoms with Crippen LogP contribution in [0.1, 0.15) is 23.0 Å². The number of hydrogen-bond donors (Lipinski definition) is 1. The first-order chi connectivity index (χ1) is 10.7. The summed E-state index contributed by atoms with van der Waals surface area (Å²) < 4.78 is 3.16. The predicted octanol–water partition coefficient (Wildman–Crippen LogP) is 4.06. The van der Waals surface area contributed by atoms with Gasteiger partial charge >= 0.3 is 0 Å². The summed E-state index contributed by atoms with van der Waals surface area (Å²) >= 11 is 3.47. The minimum atomic E-state index is 0.0739. The Kier molecular flexibility index (Phi) is 4.71.